The van der Waals surface area contributed by atoms with Crippen LogP contribution < -0.4 is 5.32 Å². The molecule has 2 atom stereocenters. The summed E-state index contributed by atoms with van der Waals surface area (Å²) in [5.41, 5.74) is 0.839. The second kappa shape index (κ2) is 4.73. The highest BCUT2D eigenvalue weighted by atomic mass is 16.4. The summed E-state index contributed by atoms with van der Waals surface area (Å²) in [6.07, 6.45) is 3.67. The number of rotatable bonds is 5. The normalized spacial score (nSPS) is 22.2. The third-order valence-corrected chi connectivity index (χ3v) is 3.23. The van der Waals surface area contributed by atoms with Crippen molar-refractivity contribution in [3.8, 4) is 0 Å². The Morgan fingerprint density at radius 1 is 1.59 bits per heavy atom. The summed E-state index contributed by atoms with van der Waals surface area (Å²) in [6, 6.07) is 3.89. The van der Waals surface area contributed by atoms with Gasteiger partial charge in [0.05, 0.1) is 11.3 Å². The van der Waals surface area contributed by atoms with Crippen molar-refractivity contribution in [1.29, 1.82) is 0 Å². The van der Waals surface area contributed by atoms with E-state index in [4.69, 9.17) is 5.11 Å². The van der Waals surface area contributed by atoms with E-state index >= 15 is 0 Å². The SMILES string of the molecule is CCCC1CC1Nc1ccc(C(=O)O)c(C)n1. The lowest BCUT2D eigenvalue weighted by Gasteiger charge is -2.07. The van der Waals surface area contributed by atoms with E-state index in [0.717, 1.165) is 11.7 Å². The van der Waals surface area contributed by atoms with E-state index in [0.29, 0.717) is 11.7 Å². The van der Waals surface area contributed by atoms with Gasteiger partial charge in [-0.1, -0.05) is 13.3 Å². The van der Waals surface area contributed by atoms with E-state index in [1.165, 1.54) is 19.3 Å². The van der Waals surface area contributed by atoms with E-state index in [1.807, 2.05) is 0 Å². The Bertz CT molecular complexity index is 431. The average Bonchev–Trinajstić information content (AvgIpc) is 2.96. The zero-order valence-corrected chi connectivity index (χ0v) is 10.2. The van der Waals surface area contributed by atoms with Crippen LogP contribution in [-0.2, 0) is 0 Å². The summed E-state index contributed by atoms with van der Waals surface area (Å²) in [6.45, 7) is 3.92. The lowest BCUT2D eigenvalue weighted by Crippen LogP contribution is -2.09. The maximum absolute atomic E-state index is 10.8. The smallest absolute Gasteiger partial charge is 0.337 e. The number of carboxylic acids is 1. The molecule has 0 aliphatic heterocycles. The molecule has 0 saturated heterocycles. The van der Waals surface area contributed by atoms with Crippen LogP contribution in [0.1, 0.15) is 42.2 Å². The molecule has 1 fully saturated rings. The molecule has 1 saturated carbocycles. The second-order valence-corrected chi connectivity index (χ2v) is 4.67. The van der Waals surface area contributed by atoms with Crippen LogP contribution in [0.15, 0.2) is 12.1 Å². The number of carboxylic acid groups (broad SMARTS) is 1. The summed E-state index contributed by atoms with van der Waals surface area (Å²) in [7, 11) is 0. The van der Waals surface area contributed by atoms with Crippen molar-refractivity contribution in [3.05, 3.63) is 23.4 Å². The highest BCUT2D eigenvalue weighted by molar-refractivity contribution is 5.89. The minimum atomic E-state index is -0.920. The van der Waals surface area contributed by atoms with Crippen molar-refractivity contribution in [2.45, 2.75) is 39.2 Å². The third kappa shape index (κ3) is 2.75. The number of nitrogens with one attached hydrogen (secondary N) is 1. The fourth-order valence-corrected chi connectivity index (χ4v) is 2.17. The first-order valence-corrected chi connectivity index (χ1v) is 6.09. The highest BCUT2D eigenvalue weighted by Gasteiger charge is 2.36. The van der Waals surface area contributed by atoms with Gasteiger partial charge in [0, 0.05) is 6.04 Å². The van der Waals surface area contributed by atoms with Crippen LogP contribution in [0.25, 0.3) is 0 Å². The van der Waals surface area contributed by atoms with Crippen LogP contribution in [0.2, 0.25) is 0 Å². The molecule has 2 N–H and O–H groups in total. The van der Waals surface area contributed by atoms with Crippen molar-refractivity contribution >= 4 is 11.8 Å². The van der Waals surface area contributed by atoms with Gasteiger partial charge >= 0.3 is 5.97 Å². The van der Waals surface area contributed by atoms with Crippen molar-refractivity contribution < 1.29 is 9.90 Å². The van der Waals surface area contributed by atoms with Crippen LogP contribution in [0.5, 0.6) is 0 Å². The van der Waals surface area contributed by atoms with Gasteiger partial charge in [0.25, 0.3) is 0 Å². The molecule has 0 aromatic carbocycles. The quantitative estimate of drug-likeness (QED) is 0.822. The van der Waals surface area contributed by atoms with Crippen molar-refractivity contribution in [2.24, 2.45) is 5.92 Å². The molecular weight excluding hydrogens is 216 g/mol. The summed E-state index contributed by atoms with van der Waals surface area (Å²) >= 11 is 0. The fourth-order valence-electron chi connectivity index (χ4n) is 2.17. The Kier molecular flexibility index (Phi) is 3.31. The first kappa shape index (κ1) is 11.9. The molecule has 4 heteroatoms. The molecule has 0 amide bonds. The minimum absolute atomic E-state index is 0.274. The van der Waals surface area contributed by atoms with Gasteiger partial charge in [-0.05, 0) is 37.8 Å². The molecule has 4 nitrogen and oxygen atoms in total. The summed E-state index contributed by atoms with van der Waals surface area (Å²) in [5, 5.41) is 12.3. The summed E-state index contributed by atoms with van der Waals surface area (Å²) in [5.74, 6) is 0.634. The number of anilines is 1. The molecule has 0 bridgehead atoms. The molecule has 17 heavy (non-hydrogen) atoms. The lowest BCUT2D eigenvalue weighted by atomic mass is 10.2. The van der Waals surface area contributed by atoms with Crippen LogP contribution in [0.3, 0.4) is 0 Å². The van der Waals surface area contributed by atoms with E-state index in [-0.39, 0.29) is 5.56 Å². The minimum Gasteiger partial charge on any atom is -0.478 e. The molecule has 0 radical (unpaired) electrons. The van der Waals surface area contributed by atoms with Crippen molar-refractivity contribution in [3.63, 3.8) is 0 Å². The van der Waals surface area contributed by atoms with Gasteiger partial charge in [-0.25, -0.2) is 9.78 Å². The fraction of sp³-hybridized carbons (Fsp3) is 0.538. The van der Waals surface area contributed by atoms with Gasteiger partial charge in [0.2, 0.25) is 0 Å². The third-order valence-electron chi connectivity index (χ3n) is 3.23. The first-order chi connectivity index (χ1) is 8.11. The van der Waals surface area contributed by atoms with Crippen LogP contribution >= 0.6 is 0 Å². The van der Waals surface area contributed by atoms with Crippen molar-refractivity contribution in [1.82, 2.24) is 4.98 Å². The number of pyridine rings is 1. The number of aromatic carboxylic acids is 1. The Morgan fingerprint density at radius 3 is 2.94 bits per heavy atom. The van der Waals surface area contributed by atoms with E-state index in [9.17, 15) is 4.79 Å². The highest BCUT2D eigenvalue weighted by Crippen LogP contribution is 2.36. The molecule has 1 aromatic heterocycles. The van der Waals surface area contributed by atoms with Gasteiger partial charge in [-0.15, -0.1) is 0 Å². The molecule has 1 aliphatic carbocycles. The lowest BCUT2D eigenvalue weighted by molar-refractivity contribution is 0.0695. The number of hydrogen-bond acceptors (Lipinski definition) is 3. The molecule has 0 spiro atoms. The summed E-state index contributed by atoms with van der Waals surface area (Å²) in [4.78, 5) is 15.1. The van der Waals surface area contributed by atoms with Crippen LogP contribution in [0, 0.1) is 12.8 Å². The standard InChI is InChI=1S/C13H18N2O2/c1-3-4-9-7-11(9)15-12-6-5-10(13(16)17)8(2)14-12/h5-6,9,11H,3-4,7H2,1-2H3,(H,14,15)(H,16,17). The monoisotopic (exact) mass is 234 g/mol. The molecule has 1 heterocycles. The van der Waals surface area contributed by atoms with Gasteiger partial charge in [-0.2, -0.15) is 0 Å². The number of nitrogens with zero attached hydrogens (tertiary/aromatic N) is 1. The average molecular weight is 234 g/mol. The number of aryl methyl sites for hydroxylation is 1. The topological polar surface area (TPSA) is 62.2 Å². The molecule has 1 aliphatic rings. The van der Waals surface area contributed by atoms with E-state index in [1.54, 1.807) is 19.1 Å². The van der Waals surface area contributed by atoms with Gasteiger partial charge in [0.15, 0.2) is 0 Å². The van der Waals surface area contributed by atoms with Crippen LogP contribution in [-0.4, -0.2) is 22.1 Å². The molecule has 2 unspecified atom stereocenters. The Balaban J connectivity index is 1.99. The number of carbonyl (C=O) groups is 1. The molecule has 2 rings (SSSR count). The van der Waals surface area contributed by atoms with E-state index < -0.39 is 5.97 Å². The zero-order valence-electron chi connectivity index (χ0n) is 10.2. The largest absolute Gasteiger partial charge is 0.478 e. The first-order valence-electron chi connectivity index (χ1n) is 6.09. The number of hydrogen-bond donors (Lipinski definition) is 2. The molecule has 92 valence electrons. The maximum atomic E-state index is 10.8. The predicted molar refractivity (Wildman–Crippen MR) is 66.4 cm³/mol. The van der Waals surface area contributed by atoms with Gasteiger partial charge in [-0.3, -0.25) is 0 Å². The molecular formula is C13H18N2O2. The number of aromatic nitrogens is 1. The maximum Gasteiger partial charge on any atom is 0.337 e. The second-order valence-electron chi connectivity index (χ2n) is 4.67. The Morgan fingerprint density at radius 2 is 2.35 bits per heavy atom. The predicted octanol–water partition coefficient (Wildman–Crippen LogP) is 2.69. The van der Waals surface area contributed by atoms with Gasteiger partial charge < -0.3 is 10.4 Å². The molecule has 1 aromatic rings. The van der Waals surface area contributed by atoms with Gasteiger partial charge in [0.1, 0.15) is 5.82 Å². The van der Waals surface area contributed by atoms with E-state index in [2.05, 4.69) is 17.2 Å². The van der Waals surface area contributed by atoms with Crippen LogP contribution in [0.4, 0.5) is 5.82 Å². The Hall–Kier alpha value is -1.58. The zero-order chi connectivity index (χ0) is 12.4. The van der Waals surface area contributed by atoms with Crippen molar-refractivity contribution in [2.75, 3.05) is 5.32 Å². The summed E-state index contributed by atoms with van der Waals surface area (Å²) < 4.78 is 0. The Labute approximate surface area is 101 Å².